The van der Waals surface area contributed by atoms with Crippen molar-refractivity contribution in [2.24, 2.45) is 0 Å². The van der Waals surface area contributed by atoms with Crippen molar-refractivity contribution in [3.05, 3.63) is 65.4 Å². The summed E-state index contributed by atoms with van der Waals surface area (Å²) in [5.41, 5.74) is 4.34. The van der Waals surface area contributed by atoms with Crippen LogP contribution in [0.3, 0.4) is 0 Å². The fourth-order valence-corrected chi connectivity index (χ4v) is 2.51. The standard InChI is InChI=1S/C20H19NO4/c1-13-3-6-16(7-4-13)21-19(22)12-25-20(23)10-15-11-24-18-9-14(2)5-8-17(15)18/h3-9,11H,10,12H2,1-2H3,(H,21,22). The van der Waals surface area contributed by atoms with Gasteiger partial charge in [-0.25, -0.2) is 0 Å². The van der Waals surface area contributed by atoms with Gasteiger partial charge in [0.15, 0.2) is 6.61 Å². The molecule has 0 aliphatic heterocycles. The average molecular weight is 337 g/mol. The molecular formula is C20H19NO4. The minimum Gasteiger partial charge on any atom is -0.464 e. The Labute approximate surface area is 145 Å². The monoisotopic (exact) mass is 337 g/mol. The maximum Gasteiger partial charge on any atom is 0.310 e. The fraction of sp³-hybridized carbons (Fsp3) is 0.200. The number of nitrogens with one attached hydrogen (secondary N) is 1. The Hall–Kier alpha value is -3.08. The quantitative estimate of drug-likeness (QED) is 0.720. The Morgan fingerprint density at radius 3 is 2.52 bits per heavy atom. The predicted molar refractivity (Wildman–Crippen MR) is 95.4 cm³/mol. The zero-order valence-electron chi connectivity index (χ0n) is 14.2. The predicted octanol–water partition coefficient (Wildman–Crippen LogP) is 3.77. The minimum atomic E-state index is -0.470. The Bertz CT molecular complexity index is 909. The van der Waals surface area contributed by atoms with Crippen LogP contribution in [0, 0.1) is 13.8 Å². The highest BCUT2D eigenvalue weighted by molar-refractivity contribution is 5.93. The number of aryl methyl sites for hydroxylation is 2. The largest absolute Gasteiger partial charge is 0.464 e. The molecule has 0 fully saturated rings. The van der Waals surface area contributed by atoms with Crippen LogP contribution in [-0.4, -0.2) is 18.5 Å². The second-order valence-electron chi connectivity index (χ2n) is 6.01. The van der Waals surface area contributed by atoms with E-state index in [-0.39, 0.29) is 18.9 Å². The molecular weight excluding hydrogens is 318 g/mol. The van der Waals surface area contributed by atoms with Crippen LogP contribution in [0.2, 0.25) is 0 Å². The first kappa shape index (κ1) is 16.8. The lowest BCUT2D eigenvalue weighted by Crippen LogP contribution is -2.21. The first-order chi connectivity index (χ1) is 12.0. The Morgan fingerprint density at radius 1 is 1.04 bits per heavy atom. The molecule has 0 aliphatic rings. The van der Waals surface area contributed by atoms with Crippen molar-refractivity contribution in [2.75, 3.05) is 11.9 Å². The third-order valence-corrected chi connectivity index (χ3v) is 3.85. The normalized spacial score (nSPS) is 10.6. The molecule has 1 N–H and O–H groups in total. The number of fused-ring (bicyclic) bond motifs is 1. The summed E-state index contributed by atoms with van der Waals surface area (Å²) >= 11 is 0. The Balaban J connectivity index is 1.53. The number of hydrogen-bond acceptors (Lipinski definition) is 4. The van der Waals surface area contributed by atoms with E-state index in [1.165, 1.54) is 0 Å². The second kappa shape index (κ2) is 7.21. The summed E-state index contributed by atoms with van der Waals surface area (Å²) in [6.07, 6.45) is 1.62. The second-order valence-corrected chi connectivity index (χ2v) is 6.01. The minimum absolute atomic E-state index is 0.0634. The van der Waals surface area contributed by atoms with E-state index in [2.05, 4.69) is 5.32 Å². The van der Waals surface area contributed by atoms with Gasteiger partial charge < -0.3 is 14.5 Å². The molecule has 1 heterocycles. The molecule has 0 aliphatic carbocycles. The van der Waals surface area contributed by atoms with Crippen LogP contribution in [0.25, 0.3) is 11.0 Å². The van der Waals surface area contributed by atoms with E-state index in [0.29, 0.717) is 5.69 Å². The maximum atomic E-state index is 12.0. The molecule has 3 aromatic rings. The lowest BCUT2D eigenvalue weighted by Gasteiger charge is -2.06. The number of esters is 1. The van der Waals surface area contributed by atoms with Gasteiger partial charge in [0.2, 0.25) is 0 Å². The van der Waals surface area contributed by atoms with Crippen LogP contribution >= 0.6 is 0 Å². The fourth-order valence-electron chi connectivity index (χ4n) is 2.51. The first-order valence-electron chi connectivity index (χ1n) is 8.00. The number of hydrogen-bond donors (Lipinski definition) is 1. The van der Waals surface area contributed by atoms with Gasteiger partial charge in [0, 0.05) is 16.6 Å². The molecule has 2 aromatic carbocycles. The first-order valence-corrected chi connectivity index (χ1v) is 8.00. The molecule has 0 saturated carbocycles. The highest BCUT2D eigenvalue weighted by Crippen LogP contribution is 2.22. The number of ether oxygens (including phenoxy) is 1. The highest BCUT2D eigenvalue weighted by Gasteiger charge is 2.13. The summed E-state index contributed by atoms with van der Waals surface area (Å²) in [5.74, 6) is -0.841. The zero-order valence-corrected chi connectivity index (χ0v) is 14.2. The zero-order chi connectivity index (χ0) is 17.8. The summed E-state index contributed by atoms with van der Waals surface area (Å²) in [6.45, 7) is 3.62. The van der Waals surface area contributed by atoms with E-state index in [0.717, 1.165) is 27.7 Å². The molecule has 0 atom stereocenters. The van der Waals surface area contributed by atoms with Gasteiger partial charge in [-0.15, -0.1) is 0 Å². The molecule has 25 heavy (non-hydrogen) atoms. The molecule has 0 saturated heterocycles. The third kappa shape index (κ3) is 4.26. The molecule has 1 amide bonds. The third-order valence-electron chi connectivity index (χ3n) is 3.85. The van der Waals surface area contributed by atoms with Gasteiger partial charge in [0.25, 0.3) is 5.91 Å². The molecule has 1 aromatic heterocycles. The van der Waals surface area contributed by atoms with E-state index in [1.54, 1.807) is 18.4 Å². The van der Waals surface area contributed by atoms with Crippen molar-refractivity contribution in [2.45, 2.75) is 20.3 Å². The highest BCUT2D eigenvalue weighted by atomic mass is 16.5. The van der Waals surface area contributed by atoms with Gasteiger partial charge >= 0.3 is 5.97 Å². The topological polar surface area (TPSA) is 68.5 Å². The number of benzene rings is 2. The molecule has 0 bridgehead atoms. The van der Waals surface area contributed by atoms with E-state index >= 15 is 0 Å². The van der Waals surface area contributed by atoms with Crippen molar-refractivity contribution < 1.29 is 18.7 Å². The molecule has 3 rings (SSSR count). The Kier molecular flexibility index (Phi) is 4.84. The van der Waals surface area contributed by atoms with Crippen molar-refractivity contribution in [1.29, 1.82) is 0 Å². The van der Waals surface area contributed by atoms with Crippen LogP contribution in [0.4, 0.5) is 5.69 Å². The number of amides is 1. The Morgan fingerprint density at radius 2 is 1.76 bits per heavy atom. The molecule has 5 nitrogen and oxygen atoms in total. The van der Waals surface area contributed by atoms with Gasteiger partial charge in [-0.05, 0) is 37.6 Å². The van der Waals surface area contributed by atoms with E-state index in [1.807, 2.05) is 44.2 Å². The van der Waals surface area contributed by atoms with Gasteiger partial charge in [-0.2, -0.15) is 0 Å². The summed E-state index contributed by atoms with van der Waals surface area (Å²) in [7, 11) is 0. The lowest BCUT2D eigenvalue weighted by atomic mass is 10.1. The average Bonchev–Trinajstić information content (AvgIpc) is 2.97. The molecule has 0 radical (unpaired) electrons. The summed E-state index contributed by atoms with van der Waals surface area (Å²) in [4.78, 5) is 23.8. The molecule has 128 valence electrons. The maximum absolute atomic E-state index is 12.0. The van der Waals surface area contributed by atoms with E-state index < -0.39 is 5.97 Å². The van der Waals surface area contributed by atoms with Crippen molar-refractivity contribution in [1.82, 2.24) is 0 Å². The van der Waals surface area contributed by atoms with Crippen LogP contribution in [0.5, 0.6) is 0 Å². The lowest BCUT2D eigenvalue weighted by molar-refractivity contribution is -0.146. The van der Waals surface area contributed by atoms with Gasteiger partial charge in [-0.1, -0.05) is 29.8 Å². The van der Waals surface area contributed by atoms with Crippen LogP contribution in [0.15, 0.2) is 53.1 Å². The molecule has 0 spiro atoms. The van der Waals surface area contributed by atoms with Gasteiger partial charge in [0.05, 0.1) is 12.7 Å². The van der Waals surface area contributed by atoms with E-state index in [4.69, 9.17) is 9.15 Å². The number of rotatable bonds is 5. The van der Waals surface area contributed by atoms with Crippen molar-refractivity contribution in [3.63, 3.8) is 0 Å². The van der Waals surface area contributed by atoms with Crippen LogP contribution < -0.4 is 5.32 Å². The van der Waals surface area contributed by atoms with Crippen LogP contribution in [0.1, 0.15) is 16.7 Å². The van der Waals surface area contributed by atoms with Crippen LogP contribution in [-0.2, 0) is 20.7 Å². The number of carbonyl (C=O) groups excluding carboxylic acids is 2. The van der Waals surface area contributed by atoms with Crippen molar-refractivity contribution in [3.8, 4) is 0 Å². The van der Waals surface area contributed by atoms with Gasteiger partial charge in [-0.3, -0.25) is 9.59 Å². The van der Waals surface area contributed by atoms with Crippen molar-refractivity contribution >= 4 is 28.5 Å². The van der Waals surface area contributed by atoms with Gasteiger partial charge in [0.1, 0.15) is 5.58 Å². The molecule has 5 heteroatoms. The molecule has 0 unspecified atom stereocenters. The van der Waals surface area contributed by atoms with E-state index in [9.17, 15) is 9.59 Å². The SMILES string of the molecule is Cc1ccc(NC(=O)COC(=O)Cc2coc3cc(C)ccc23)cc1. The summed E-state index contributed by atoms with van der Waals surface area (Å²) < 4.78 is 10.5. The summed E-state index contributed by atoms with van der Waals surface area (Å²) in [6, 6.07) is 13.2. The summed E-state index contributed by atoms with van der Waals surface area (Å²) in [5, 5.41) is 3.57. The number of furan rings is 1. The smallest absolute Gasteiger partial charge is 0.310 e. The number of carbonyl (C=O) groups is 2. The number of anilines is 1.